The monoisotopic (exact) mass is 171 g/mol. The molecule has 1 nitrogen and oxygen atoms in total. The van der Waals surface area contributed by atoms with Gasteiger partial charge in [-0.15, -0.1) is 0 Å². The molecule has 1 unspecified atom stereocenters. The lowest BCUT2D eigenvalue weighted by molar-refractivity contribution is 0.551. The standard InChI is InChI=1S/C9H11F2N/c1-2-9(12)7-4-3-6(10)5-8(7)11/h3-5,9H,2,12H2,1H3. The molecular weight excluding hydrogens is 160 g/mol. The Morgan fingerprint density at radius 1 is 1.42 bits per heavy atom. The van der Waals surface area contributed by atoms with Gasteiger partial charge >= 0.3 is 0 Å². The molecule has 0 aromatic heterocycles. The average molecular weight is 171 g/mol. The summed E-state index contributed by atoms with van der Waals surface area (Å²) in [4.78, 5) is 0. The van der Waals surface area contributed by atoms with Gasteiger partial charge in [-0.1, -0.05) is 13.0 Å². The minimum absolute atomic E-state index is 0.342. The first-order chi connectivity index (χ1) is 5.65. The number of hydrogen-bond acceptors (Lipinski definition) is 1. The van der Waals surface area contributed by atoms with Crippen LogP contribution in [0.2, 0.25) is 0 Å². The summed E-state index contributed by atoms with van der Waals surface area (Å²) >= 11 is 0. The fourth-order valence-corrected chi connectivity index (χ4v) is 1.02. The summed E-state index contributed by atoms with van der Waals surface area (Å²) in [6, 6.07) is 3.11. The minimum Gasteiger partial charge on any atom is -0.324 e. The van der Waals surface area contributed by atoms with E-state index in [0.29, 0.717) is 12.0 Å². The highest BCUT2D eigenvalue weighted by atomic mass is 19.1. The zero-order valence-corrected chi connectivity index (χ0v) is 6.85. The molecule has 0 aliphatic heterocycles. The molecule has 0 bridgehead atoms. The van der Waals surface area contributed by atoms with E-state index in [0.717, 1.165) is 6.07 Å². The highest BCUT2D eigenvalue weighted by Crippen LogP contribution is 2.17. The maximum atomic E-state index is 13.0. The quantitative estimate of drug-likeness (QED) is 0.726. The van der Waals surface area contributed by atoms with Crippen LogP contribution in [0.1, 0.15) is 24.9 Å². The summed E-state index contributed by atoms with van der Waals surface area (Å²) in [6.45, 7) is 1.85. The van der Waals surface area contributed by atoms with Gasteiger partial charge in [-0.3, -0.25) is 0 Å². The van der Waals surface area contributed by atoms with E-state index in [2.05, 4.69) is 0 Å². The molecule has 0 saturated heterocycles. The van der Waals surface area contributed by atoms with Gasteiger partial charge in [0.05, 0.1) is 0 Å². The number of rotatable bonds is 2. The van der Waals surface area contributed by atoms with Crippen molar-refractivity contribution in [2.24, 2.45) is 5.73 Å². The Balaban J connectivity index is 3.01. The van der Waals surface area contributed by atoms with E-state index in [9.17, 15) is 8.78 Å². The van der Waals surface area contributed by atoms with Gasteiger partial charge in [-0.25, -0.2) is 8.78 Å². The van der Waals surface area contributed by atoms with Crippen LogP contribution in [0.4, 0.5) is 8.78 Å². The maximum absolute atomic E-state index is 13.0. The number of nitrogens with two attached hydrogens (primary N) is 1. The van der Waals surface area contributed by atoms with E-state index < -0.39 is 11.6 Å². The van der Waals surface area contributed by atoms with Crippen LogP contribution in [0, 0.1) is 11.6 Å². The molecule has 0 fully saturated rings. The smallest absolute Gasteiger partial charge is 0.130 e. The van der Waals surface area contributed by atoms with Gasteiger partial charge in [0.1, 0.15) is 11.6 Å². The Hall–Kier alpha value is -0.960. The number of halogens is 2. The van der Waals surface area contributed by atoms with E-state index in [1.54, 1.807) is 0 Å². The van der Waals surface area contributed by atoms with E-state index >= 15 is 0 Å². The summed E-state index contributed by atoms with van der Waals surface area (Å²) < 4.78 is 25.4. The molecule has 0 amide bonds. The topological polar surface area (TPSA) is 26.0 Å². The van der Waals surface area contributed by atoms with E-state index in [1.165, 1.54) is 12.1 Å². The van der Waals surface area contributed by atoms with Crippen molar-refractivity contribution in [3.05, 3.63) is 35.4 Å². The molecule has 1 rings (SSSR count). The molecule has 0 saturated carbocycles. The molecule has 0 heterocycles. The predicted molar refractivity (Wildman–Crippen MR) is 43.6 cm³/mol. The number of hydrogen-bond donors (Lipinski definition) is 1. The second-order valence-electron chi connectivity index (χ2n) is 2.68. The van der Waals surface area contributed by atoms with Gasteiger partial charge < -0.3 is 5.73 Å². The van der Waals surface area contributed by atoms with Crippen molar-refractivity contribution in [2.75, 3.05) is 0 Å². The van der Waals surface area contributed by atoms with Crippen LogP contribution in [0.5, 0.6) is 0 Å². The number of benzene rings is 1. The highest BCUT2D eigenvalue weighted by Gasteiger charge is 2.09. The van der Waals surface area contributed by atoms with Crippen molar-refractivity contribution in [1.82, 2.24) is 0 Å². The first-order valence-electron chi connectivity index (χ1n) is 3.85. The van der Waals surface area contributed by atoms with Crippen LogP contribution in [-0.4, -0.2) is 0 Å². The summed E-state index contributed by atoms with van der Waals surface area (Å²) in [5, 5.41) is 0. The molecule has 1 aromatic rings. The summed E-state index contributed by atoms with van der Waals surface area (Å²) in [6.07, 6.45) is 0.641. The SMILES string of the molecule is CCC(N)c1ccc(F)cc1F. The highest BCUT2D eigenvalue weighted by molar-refractivity contribution is 5.21. The van der Waals surface area contributed by atoms with Crippen molar-refractivity contribution < 1.29 is 8.78 Å². The molecule has 1 atom stereocenters. The van der Waals surface area contributed by atoms with E-state index in [1.807, 2.05) is 6.92 Å². The lowest BCUT2D eigenvalue weighted by Crippen LogP contribution is -2.10. The Morgan fingerprint density at radius 3 is 2.58 bits per heavy atom. The van der Waals surface area contributed by atoms with Crippen LogP contribution in [0.15, 0.2) is 18.2 Å². The van der Waals surface area contributed by atoms with Gasteiger partial charge in [0, 0.05) is 17.7 Å². The Morgan fingerprint density at radius 2 is 2.08 bits per heavy atom. The van der Waals surface area contributed by atoms with Crippen molar-refractivity contribution >= 4 is 0 Å². The Kier molecular flexibility index (Phi) is 2.76. The minimum atomic E-state index is -0.570. The van der Waals surface area contributed by atoms with E-state index in [4.69, 9.17) is 5.73 Å². The average Bonchev–Trinajstić information content (AvgIpc) is 2.03. The van der Waals surface area contributed by atoms with Crippen LogP contribution in [0.3, 0.4) is 0 Å². The third-order valence-corrected chi connectivity index (χ3v) is 1.80. The van der Waals surface area contributed by atoms with E-state index in [-0.39, 0.29) is 6.04 Å². The lowest BCUT2D eigenvalue weighted by Gasteiger charge is -2.09. The molecule has 1 aromatic carbocycles. The van der Waals surface area contributed by atoms with Crippen LogP contribution < -0.4 is 5.73 Å². The molecule has 66 valence electrons. The zero-order chi connectivity index (χ0) is 9.14. The second kappa shape index (κ2) is 3.63. The fraction of sp³-hybridized carbons (Fsp3) is 0.333. The largest absolute Gasteiger partial charge is 0.324 e. The molecule has 0 spiro atoms. The summed E-state index contributed by atoms with van der Waals surface area (Å²) in [7, 11) is 0. The van der Waals surface area contributed by atoms with Gasteiger partial charge in [0.2, 0.25) is 0 Å². The van der Waals surface area contributed by atoms with Crippen LogP contribution >= 0.6 is 0 Å². The first-order valence-corrected chi connectivity index (χ1v) is 3.85. The maximum Gasteiger partial charge on any atom is 0.130 e. The first kappa shape index (κ1) is 9.13. The van der Waals surface area contributed by atoms with Crippen molar-refractivity contribution in [3.63, 3.8) is 0 Å². The molecular formula is C9H11F2N. The molecule has 12 heavy (non-hydrogen) atoms. The Labute approximate surface area is 70.2 Å². The molecule has 3 heteroatoms. The fourth-order valence-electron chi connectivity index (χ4n) is 1.02. The van der Waals surface area contributed by atoms with Gasteiger partial charge in [-0.2, -0.15) is 0 Å². The van der Waals surface area contributed by atoms with Gasteiger partial charge in [0.15, 0.2) is 0 Å². The van der Waals surface area contributed by atoms with Crippen LogP contribution in [-0.2, 0) is 0 Å². The van der Waals surface area contributed by atoms with Crippen molar-refractivity contribution in [3.8, 4) is 0 Å². The lowest BCUT2D eigenvalue weighted by atomic mass is 10.1. The van der Waals surface area contributed by atoms with Crippen molar-refractivity contribution in [1.29, 1.82) is 0 Å². The zero-order valence-electron chi connectivity index (χ0n) is 6.85. The van der Waals surface area contributed by atoms with Gasteiger partial charge in [-0.05, 0) is 12.5 Å². The predicted octanol–water partition coefficient (Wildman–Crippen LogP) is 2.37. The molecule has 0 aliphatic carbocycles. The molecule has 2 N–H and O–H groups in total. The normalized spacial score (nSPS) is 13.0. The Bertz CT molecular complexity index is 273. The van der Waals surface area contributed by atoms with Crippen molar-refractivity contribution in [2.45, 2.75) is 19.4 Å². The summed E-state index contributed by atoms with van der Waals surface area (Å²) in [5.41, 5.74) is 5.96. The van der Waals surface area contributed by atoms with Crippen LogP contribution in [0.25, 0.3) is 0 Å². The third kappa shape index (κ3) is 1.80. The third-order valence-electron chi connectivity index (χ3n) is 1.80. The molecule has 0 aliphatic rings. The second-order valence-corrected chi connectivity index (χ2v) is 2.68. The summed E-state index contributed by atoms with van der Waals surface area (Å²) in [5.74, 6) is -1.14. The molecule has 0 radical (unpaired) electrons. The van der Waals surface area contributed by atoms with Gasteiger partial charge in [0.25, 0.3) is 0 Å².